The first-order valence-electron chi connectivity index (χ1n) is 15.3. The molecule has 4 fully saturated rings. The SMILES string of the molecule is CNCCCCOCCO[C@H]1CC[C@]2(C)C3CC[C@]4(C)C(C(C)CCC(=O)O)CCC4[C@@H]3CC[C@@H]2C1. The van der Waals surface area contributed by atoms with Gasteiger partial charge in [-0.1, -0.05) is 20.8 Å². The third-order valence-corrected chi connectivity index (χ3v) is 11.7. The summed E-state index contributed by atoms with van der Waals surface area (Å²) in [4.78, 5) is 11.2. The van der Waals surface area contributed by atoms with Crippen molar-refractivity contribution in [2.24, 2.45) is 46.3 Å². The smallest absolute Gasteiger partial charge is 0.303 e. The van der Waals surface area contributed by atoms with Crippen LogP contribution in [-0.2, 0) is 14.3 Å². The highest BCUT2D eigenvalue weighted by atomic mass is 16.5. The second-order valence-electron chi connectivity index (χ2n) is 13.5. The zero-order valence-electron chi connectivity index (χ0n) is 23.7. The zero-order valence-corrected chi connectivity index (χ0v) is 23.7. The minimum absolute atomic E-state index is 0.330. The third-order valence-electron chi connectivity index (χ3n) is 11.7. The molecule has 0 spiro atoms. The molecule has 5 nitrogen and oxygen atoms in total. The van der Waals surface area contributed by atoms with Crippen LogP contribution in [0.2, 0.25) is 0 Å². The fourth-order valence-electron chi connectivity index (χ4n) is 9.78. The van der Waals surface area contributed by atoms with Gasteiger partial charge >= 0.3 is 5.97 Å². The number of carboxylic acid groups (broad SMARTS) is 1. The summed E-state index contributed by atoms with van der Waals surface area (Å²) in [5.74, 6) is 4.04. The summed E-state index contributed by atoms with van der Waals surface area (Å²) in [6, 6.07) is 0. The molecule has 4 aliphatic rings. The molecule has 208 valence electrons. The predicted octanol–water partition coefficient (Wildman–Crippen LogP) is 6.55. The van der Waals surface area contributed by atoms with Gasteiger partial charge in [0.05, 0.1) is 19.3 Å². The molecule has 0 saturated heterocycles. The highest BCUT2D eigenvalue weighted by Gasteiger charge is 2.60. The van der Waals surface area contributed by atoms with E-state index < -0.39 is 5.97 Å². The van der Waals surface area contributed by atoms with Gasteiger partial charge in [-0.15, -0.1) is 0 Å². The molecule has 0 amide bonds. The summed E-state index contributed by atoms with van der Waals surface area (Å²) in [7, 11) is 2.00. The summed E-state index contributed by atoms with van der Waals surface area (Å²) in [5, 5.41) is 12.4. The maximum absolute atomic E-state index is 11.2. The van der Waals surface area contributed by atoms with Gasteiger partial charge in [-0.3, -0.25) is 4.79 Å². The van der Waals surface area contributed by atoms with E-state index in [1.54, 1.807) is 0 Å². The maximum atomic E-state index is 11.2. The molecule has 4 rings (SSSR count). The number of rotatable bonds is 13. The van der Waals surface area contributed by atoms with Crippen LogP contribution in [0.5, 0.6) is 0 Å². The third kappa shape index (κ3) is 5.99. The van der Waals surface area contributed by atoms with Gasteiger partial charge in [-0.25, -0.2) is 0 Å². The molecular formula is C31H55NO4. The number of aliphatic carboxylic acids is 1. The Morgan fingerprint density at radius 3 is 2.53 bits per heavy atom. The molecule has 0 radical (unpaired) electrons. The molecular weight excluding hydrogens is 450 g/mol. The molecule has 2 N–H and O–H groups in total. The number of ether oxygens (including phenoxy) is 2. The number of hydrogen-bond acceptors (Lipinski definition) is 4. The first-order valence-corrected chi connectivity index (χ1v) is 15.3. The van der Waals surface area contributed by atoms with Crippen molar-refractivity contribution in [1.29, 1.82) is 0 Å². The van der Waals surface area contributed by atoms with Gasteiger partial charge < -0.3 is 19.9 Å². The van der Waals surface area contributed by atoms with Crippen LogP contribution in [0.3, 0.4) is 0 Å². The van der Waals surface area contributed by atoms with Crippen molar-refractivity contribution in [2.75, 3.05) is 33.4 Å². The van der Waals surface area contributed by atoms with Crippen LogP contribution in [0.15, 0.2) is 0 Å². The summed E-state index contributed by atoms with van der Waals surface area (Å²) >= 11 is 0. The van der Waals surface area contributed by atoms with Crippen LogP contribution in [0.25, 0.3) is 0 Å². The summed E-state index contributed by atoms with van der Waals surface area (Å²) in [6.07, 6.45) is 15.9. The Labute approximate surface area is 220 Å². The number of nitrogens with one attached hydrogen (secondary N) is 1. The lowest BCUT2D eigenvalue weighted by molar-refractivity contribution is -0.140. The lowest BCUT2D eigenvalue weighted by Crippen LogP contribution is -2.54. The van der Waals surface area contributed by atoms with Gasteiger partial charge in [0.15, 0.2) is 0 Å². The van der Waals surface area contributed by atoms with Gasteiger partial charge in [0, 0.05) is 13.0 Å². The van der Waals surface area contributed by atoms with Gasteiger partial charge in [-0.2, -0.15) is 0 Å². The van der Waals surface area contributed by atoms with E-state index in [1.807, 2.05) is 7.05 Å². The van der Waals surface area contributed by atoms with E-state index >= 15 is 0 Å². The van der Waals surface area contributed by atoms with Crippen molar-refractivity contribution in [1.82, 2.24) is 5.32 Å². The highest BCUT2D eigenvalue weighted by Crippen LogP contribution is 2.68. The highest BCUT2D eigenvalue weighted by molar-refractivity contribution is 5.66. The second kappa shape index (κ2) is 12.5. The fourth-order valence-corrected chi connectivity index (χ4v) is 9.78. The molecule has 0 aromatic rings. The Hall–Kier alpha value is -0.650. The van der Waals surface area contributed by atoms with E-state index in [9.17, 15) is 9.90 Å². The molecule has 9 atom stereocenters. The van der Waals surface area contributed by atoms with Crippen molar-refractivity contribution in [3.05, 3.63) is 0 Å². The first kappa shape index (κ1) is 28.4. The van der Waals surface area contributed by atoms with Gasteiger partial charge in [-0.05, 0) is 137 Å². The number of carboxylic acids is 1. The quantitative estimate of drug-likeness (QED) is 0.278. The summed E-state index contributed by atoms with van der Waals surface area (Å²) < 4.78 is 12.1. The normalized spacial score (nSPS) is 40.8. The molecule has 4 aliphatic carbocycles. The van der Waals surface area contributed by atoms with Crippen LogP contribution in [0, 0.1) is 46.3 Å². The minimum atomic E-state index is -0.635. The zero-order chi connectivity index (χ0) is 25.8. The maximum Gasteiger partial charge on any atom is 0.303 e. The lowest BCUT2D eigenvalue weighted by Gasteiger charge is -2.61. The Morgan fingerprint density at radius 2 is 1.75 bits per heavy atom. The molecule has 0 bridgehead atoms. The van der Waals surface area contributed by atoms with Crippen molar-refractivity contribution in [2.45, 2.75) is 110 Å². The molecule has 0 aromatic heterocycles. The van der Waals surface area contributed by atoms with Crippen LogP contribution < -0.4 is 5.32 Å². The molecule has 5 heteroatoms. The first-order chi connectivity index (χ1) is 17.3. The van der Waals surface area contributed by atoms with Crippen molar-refractivity contribution in [3.8, 4) is 0 Å². The Balaban J connectivity index is 1.27. The molecule has 0 aromatic carbocycles. The van der Waals surface area contributed by atoms with Gasteiger partial charge in [0.2, 0.25) is 0 Å². The van der Waals surface area contributed by atoms with Crippen LogP contribution in [0.4, 0.5) is 0 Å². The summed E-state index contributed by atoms with van der Waals surface area (Å²) in [6.45, 7) is 11.0. The van der Waals surface area contributed by atoms with E-state index in [4.69, 9.17) is 9.47 Å². The number of carbonyl (C=O) groups is 1. The van der Waals surface area contributed by atoms with E-state index in [-0.39, 0.29) is 0 Å². The Bertz CT molecular complexity index is 715. The van der Waals surface area contributed by atoms with E-state index in [0.29, 0.717) is 35.2 Å². The van der Waals surface area contributed by atoms with Crippen molar-refractivity contribution >= 4 is 5.97 Å². The molecule has 0 heterocycles. The van der Waals surface area contributed by atoms with E-state index in [0.717, 1.165) is 62.9 Å². The monoisotopic (exact) mass is 505 g/mol. The number of hydrogen-bond donors (Lipinski definition) is 2. The lowest BCUT2D eigenvalue weighted by atomic mass is 9.44. The van der Waals surface area contributed by atoms with E-state index in [2.05, 4.69) is 26.1 Å². The average molecular weight is 506 g/mol. The van der Waals surface area contributed by atoms with Crippen LogP contribution >= 0.6 is 0 Å². The Kier molecular flexibility index (Phi) is 9.82. The van der Waals surface area contributed by atoms with Gasteiger partial charge in [0.25, 0.3) is 0 Å². The van der Waals surface area contributed by atoms with Crippen LogP contribution in [0.1, 0.15) is 104 Å². The van der Waals surface area contributed by atoms with Gasteiger partial charge in [0.1, 0.15) is 0 Å². The number of fused-ring (bicyclic) bond motifs is 5. The molecule has 36 heavy (non-hydrogen) atoms. The fraction of sp³-hybridized carbons (Fsp3) is 0.968. The molecule has 4 saturated carbocycles. The average Bonchev–Trinajstić information content (AvgIpc) is 3.21. The standard InChI is InChI=1S/C31H55NO4/c1-22(7-12-29(33)34)26-10-11-27-25-9-8-23-21-24(36-20-19-35-18-6-5-17-32-4)13-15-30(23,2)28(25)14-16-31(26,27)3/h22-28,32H,5-21H2,1-4H3,(H,33,34)/t22?,23-,24+,25+,26?,27?,28?,30+,31-/m1/s1. The predicted molar refractivity (Wildman–Crippen MR) is 145 cm³/mol. The molecule has 4 unspecified atom stereocenters. The van der Waals surface area contributed by atoms with Crippen molar-refractivity contribution in [3.63, 3.8) is 0 Å². The number of unbranched alkanes of at least 4 members (excludes halogenated alkanes) is 1. The largest absolute Gasteiger partial charge is 0.481 e. The topological polar surface area (TPSA) is 67.8 Å². The second-order valence-corrected chi connectivity index (χ2v) is 13.5. The van der Waals surface area contributed by atoms with Crippen LogP contribution in [-0.4, -0.2) is 50.6 Å². The molecule has 0 aliphatic heterocycles. The van der Waals surface area contributed by atoms with Crippen molar-refractivity contribution < 1.29 is 19.4 Å². The van der Waals surface area contributed by atoms with E-state index in [1.165, 1.54) is 64.2 Å². The summed E-state index contributed by atoms with van der Waals surface area (Å²) in [5.41, 5.74) is 0.913. The Morgan fingerprint density at radius 1 is 0.972 bits per heavy atom. The minimum Gasteiger partial charge on any atom is -0.481 e.